The van der Waals surface area contributed by atoms with Crippen molar-refractivity contribution in [1.82, 2.24) is 9.97 Å². The van der Waals surface area contributed by atoms with Crippen molar-refractivity contribution in [2.45, 2.75) is 0 Å². The Morgan fingerprint density at radius 2 is 2.19 bits per heavy atom. The van der Waals surface area contributed by atoms with Crippen LogP contribution >= 0.6 is 0 Å². The molecule has 1 aromatic heterocycles. The molecule has 0 amide bonds. The quantitative estimate of drug-likeness (QED) is 0.446. The molecule has 1 aliphatic heterocycles. The number of aromatic nitrogens is 2. The van der Waals surface area contributed by atoms with Crippen molar-refractivity contribution in [3.63, 3.8) is 0 Å². The molecule has 142 valence electrons. The number of anilines is 2. The van der Waals surface area contributed by atoms with Crippen LogP contribution < -0.4 is 15.1 Å². The van der Waals surface area contributed by atoms with Crippen molar-refractivity contribution in [2.24, 2.45) is 10.3 Å². The highest BCUT2D eigenvalue weighted by Gasteiger charge is 2.17. The van der Waals surface area contributed by atoms with Crippen molar-refractivity contribution >= 4 is 23.7 Å². The Kier molecular flexibility index (Phi) is 5.71. The van der Waals surface area contributed by atoms with Crippen LogP contribution in [0, 0.1) is 10.7 Å². The summed E-state index contributed by atoms with van der Waals surface area (Å²) >= 11 is 0. The minimum Gasteiger partial charge on any atom is -0.503 e. The Bertz CT molecular complexity index is 857. The second-order valence-corrected chi connectivity index (χ2v) is 5.52. The fourth-order valence-corrected chi connectivity index (χ4v) is 2.49. The van der Waals surface area contributed by atoms with Gasteiger partial charge in [-0.2, -0.15) is 10.1 Å². The van der Waals surface area contributed by atoms with Crippen LogP contribution in [0.1, 0.15) is 5.56 Å². The molecule has 2 aromatic rings. The van der Waals surface area contributed by atoms with E-state index in [9.17, 15) is 14.4 Å². The molecule has 0 bridgehead atoms. The Labute approximate surface area is 153 Å². The summed E-state index contributed by atoms with van der Waals surface area (Å²) in [7, 11) is 1.35. The van der Waals surface area contributed by atoms with Gasteiger partial charge in [-0.15, -0.1) is 4.91 Å². The van der Waals surface area contributed by atoms with Gasteiger partial charge in [0.2, 0.25) is 5.95 Å². The standard InChI is InChI=1S/C16H17FN6O4/c1-26-13-7-10(6-12(22-25)14(13)24)8-19-21-16-18-9-11(17)15(20-16)23-2-4-27-5-3-23/h6-9,24H,2-5H2,1H3,(H,18,20,21)/b19-8-. The summed E-state index contributed by atoms with van der Waals surface area (Å²) < 4.78 is 24.2. The number of hydrogen-bond acceptors (Lipinski definition) is 10. The van der Waals surface area contributed by atoms with Gasteiger partial charge in [-0.05, 0) is 17.3 Å². The van der Waals surface area contributed by atoms with Crippen molar-refractivity contribution < 1.29 is 19.0 Å². The predicted molar refractivity (Wildman–Crippen MR) is 96.4 cm³/mol. The minimum atomic E-state index is -0.531. The first-order valence-electron chi connectivity index (χ1n) is 8.01. The molecule has 2 heterocycles. The van der Waals surface area contributed by atoms with Crippen LogP contribution in [0.5, 0.6) is 11.5 Å². The van der Waals surface area contributed by atoms with Gasteiger partial charge in [0.05, 0.1) is 32.7 Å². The molecular weight excluding hydrogens is 359 g/mol. The zero-order valence-electron chi connectivity index (χ0n) is 14.4. The van der Waals surface area contributed by atoms with E-state index in [1.54, 1.807) is 4.90 Å². The Morgan fingerprint density at radius 3 is 2.89 bits per heavy atom. The molecule has 0 atom stereocenters. The Hall–Kier alpha value is -3.34. The van der Waals surface area contributed by atoms with Gasteiger partial charge in [0, 0.05) is 18.7 Å². The fraction of sp³-hybridized carbons (Fsp3) is 0.312. The van der Waals surface area contributed by atoms with E-state index in [4.69, 9.17) is 9.47 Å². The maximum absolute atomic E-state index is 14.0. The van der Waals surface area contributed by atoms with Crippen LogP contribution in [-0.4, -0.2) is 54.7 Å². The molecule has 3 rings (SSSR count). The molecule has 0 unspecified atom stereocenters. The average molecular weight is 376 g/mol. The van der Waals surface area contributed by atoms with E-state index in [2.05, 4.69) is 25.7 Å². The maximum atomic E-state index is 14.0. The highest BCUT2D eigenvalue weighted by Crippen LogP contribution is 2.36. The molecule has 0 radical (unpaired) electrons. The largest absolute Gasteiger partial charge is 0.503 e. The summed E-state index contributed by atoms with van der Waals surface area (Å²) in [6.45, 7) is 2.07. The molecule has 0 spiro atoms. The van der Waals surface area contributed by atoms with Crippen molar-refractivity contribution in [1.29, 1.82) is 0 Å². The number of halogens is 1. The van der Waals surface area contributed by atoms with E-state index in [1.807, 2.05) is 0 Å². The summed E-state index contributed by atoms with van der Waals surface area (Å²) in [5.74, 6) is -0.523. The SMILES string of the molecule is COc1cc(/C=N\Nc2ncc(F)c(N3CCOCC3)n2)cc(N=O)c1O. The number of methoxy groups -OCH3 is 1. The predicted octanol–water partition coefficient (Wildman–Crippen LogP) is 2.01. The van der Waals surface area contributed by atoms with E-state index in [0.29, 0.717) is 31.9 Å². The number of nitrogens with zero attached hydrogens (tertiary/aromatic N) is 5. The van der Waals surface area contributed by atoms with Crippen molar-refractivity contribution in [3.05, 3.63) is 34.6 Å². The smallest absolute Gasteiger partial charge is 0.245 e. The van der Waals surface area contributed by atoms with Gasteiger partial charge in [-0.1, -0.05) is 0 Å². The van der Waals surface area contributed by atoms with Gasteiger partial charge in [0.25, 0.3) is 0 Å². The van der Waals surface area contributed by atoms with E-state index in [1.165, 1.54) is 25.5 Å². The second kappa shape index (κ2) is 8.36. The van der Waals surface area contributed by atoms with Gasteiger partial charge < -0.3 is 19.5 Å². The van der Waals surface area contributed by atoms with E-state index in [0.717, 1.165) is 6.20 Å². The zero-order chi connectivity index (χ0) is 19.2. The molecule has 11 heteroatoms. The molecule has 2 N–H and O–H groups in total. The lowest BCUT2D eigenvalue weighted by Crippen LogP contribution is -2.37. The summed E-state index contributed by atoms with van der Waals surface area (Å²) in [5.41, 5.74) is 2.87. The summed E-state index contributed by atoms with van der Waals surface area (Å²) in [6, 6.07) is 2.81. The maximum Gasteiger partial charge on any atom is 0.245 e. The number of rotatable bonds is 6. The lowest BCUT2D eigenvalue weighted by Gasteiger charge is -2.27. The summed E-state index contributed by atoms with van der Waals surface area (Å²) in [5, 5.41) is 16.4. The van der Waals surface area contributed by atoms with E-state index in [-0.39, 0.29) is 29.0 Å². The third-order valence-corrected chi connectivity index (χ3v) is 3.81. The molecule has 10 nitrogen and oxygen atoms in total. The summed E-state index contributed by atoms with van der Waals surface area (Å²) in [6.07, 6.45) is 2.42. The van der Waals surface area contributed by atoms with Crippen LogP contribution in [-0.2, 0) is 4.74 Å². The number of morpholine rings is 1. The monoisotopic (exact) mass is 376 g/mol. The van der Waals surface area contributed by atoms with Crippen LogP contribution in [0.4, 0.5) is 21.8 Å². The molecule has 1 fully saturated rings. The number of aromatic hydroxyl groups is 1. The Balaban J connectivity index is 1.75. The number of nitrogens with one attached hydrogen (secondary N) is 1. The van der Waals surface area contributed by atoms with Gasteiger partial charge in [-0.3, -0.25) is 0 Å². The van der Waals surface area contributed by atoms with Crippen LogP contribution in [0.25, 0.3) is 0 Å². The molecule has 27 heavy (non-hydrogen) atoms. The van der Waals surface area contributed by atoms with Gasteiger partial charge in [0.15, 0.2) is 28.8 Å². The molecule has 0 aliphatic carbocycles. The number of ether oxygens (including phenoxy) is 2. The number of hydrogen-bond donors (Lipinski definition) is 2. The van der Waals surface area contributed by atoms with E-state index < -0.39 is 5.82 Å². The number of hydrazone groups is 1. The zero-order valence-corrected chi connectivity index (χ0v) is 14.4. The topological polar surface area (TPSA) is 122 Å². The third kappa shape index (κ3) is 4.26. The number of nitroso groups, excluding NO2 is 1. The summed E-state index contributed by atoms with van der Waals surface area (Å²) in [4.78, 5) is 20.5. The molecular formula is C16H17FN6O4. The van der Waals surface area contributed by atoms with Gasteiger partial charge in [0.1, 0.15) is 0 Å². The molecule has 1 saturated heterocycles. The second-order valence-electron chi connectivity index (χ2n) is 5.52. The minimum absolute atomic E-state index is 0.0844. The number of benzene rings is 1. The lowest BCUT2D eigenvalue weighted by atomic mass is 10.2. The van der Waals surface area contributed by atoms with Crippen LogP contribution in [0.2, 0.25) is 0 Å². The lowest BCUT2D eigenvalue weighted by molar-refractivity contribution is 0.122. The first-order valence-corrected chi connectivity index (χ1v) is 8.01. The van der Waals surface area contributed by atoms with Crippen molar-refractivity contribution in [2.75, 3.05) is 43.7 Å². The average Bonchev–Trinajstić information content (AvgIpc) is 2.70. The highest BCUT2D eigenvalue weighted by molar-refractivity contribution is 5.84. The van der Waals surface area contributed by atoms with Crippen LogP contribution in [0.3, 0.4) is 0 Å². The fourth-order valence-electron chi connectivity index (χ4n) is 2.49. The number of phenolic OH excluding ortho intramolecular Hbond substituents is 1. The first-order chi connectivity index (χ1) is 13.1. The van der Waals surface area contributed by atoms with Crippen LogP contribution in [0.15, 0.2) is 28.6 Å². The van der Waals surface area contributed by atoms with Gasteiger partial charge >= 0.3 is 0 Å². The number of phenols is 1. The first kappa shape index (κ1) is 18.5. The normalized spacial score (nSPS) is 14.4. The highest BCUT2D eigenvalue weighted by atomic mass is 19.1. The molecule has 1 aliphatic rings. The third-order valence-electron chi connectivity index (χ3n) is 3.81. The molecule has 1 aromatic carbocycles. The Morgan fingerprint density at radius 1 is 1.41 bits per heavy atom. The van der Waals surface area contributed by atoms with Gasteiger partial charge in [-0.25, -0.2) is 14.8 Å². The molecule has 0 saturated carbocycles. The van der Waals surface area contributed by atoms with E-state index >= 15 is 0 Å². The van der Waals surface area contributed by atoms with Crippen molar-refractivity contribution in [3.8, 4) is 11.5 Å².